The lowest BCUT2D eigenvalue weighted by Gasteiger charge is -2.27. The van der Waals surface area contributed by atoms with Gasteiger partial charge in [0.15, 0.2) is 0 Å². The summed E-state index contributed by atoms with van der Waals surface area (Å²) in [6, 6.07) is 26.1. The van der Waals surface area contributed by atoms with Gasteiger partial charge in [-0.25, -0.2) is 0 Å². The number of fused-ring (bicyclic) bond motifs is 1. The Labute approximate surface area is 242 Å². The number of hydrogen-bond acceptors (Lipinski definition) is 5. The number of nitrogens with one attached hydrogen (secondary N) is 4. The van der Waals surface area contributed by atoms with E-state index in [1.807, 2.05) is 66.9 Å². The second-order valence-corrected chi connectivity index (χ2v) is 10.6. The number of aromatic nitrogens is 1. The number of rotatable bonds is 10. The summed E-state index contributed by atoms with van der Waals surface area (Å²) in [5, 5.41) is 21.1. The zero-order chi connectivity index (χ0) is 29.8. The molecular formula is C33H42N6O2. The van der Waals surface area contributed by atoms with Gasteiger partial charge in [-0.2, -0.15) is 0 Å². The van der Waals surface area contributed by atoms with E-state index in [1.165, 1.54) is 16.5 Å². The van der Waals surface area contributed by atoms with E-state index >= 15 is 0 Å². The van der Waals surface area contributed by atoms with E-state index in [4.69, 9.17) is 21.3 Å². The molecule has 4 rings (SSSR count). The Balaban J connectivity index is 0.000000382. The Morgan fingerprint density at radius 2 is 1.56 bits per heavy atom. The van der Waals surface area contributed by atoms with Crippen LogP contribution in [0.3, 0.4) is 0 Å². The Morgan fingerprint density at radius 1 is 0.927 bits per heavy atom. The number of para-hydroxylation sites is 1. The molecule has 0 saturated carbocycles. The molecule has 216 valence electrons. The highest BCUT2D eigenvalue weighted by atomic mass is 16.5. The number of amides is 1. The molecule has 0 fully saturated rings. The molecule has 4 aromatic rings. The summed E-state index contributed by atoms with van der Waals surface area (Å²) in [5.74, 6) is 0.979. The molecule has 0 atom stereocenters. The average molecular weight is 555 g/mol. The first kappa shape index (κ1) is 31.1. The average Bonchev–Trinajstić information content (AvgIpc) is 3.36. The van der Waals surface area contributed by atoms with Crippen LogP contribution in [0.1, 0.15) is 37.0 Å². The summed E-state index contributed by atoms with van der Waals surface area (Å²) in [6.07, 6.45) is 3.92. The highest BCUT2D eigenvalue weighted by Crippen LogP contribution is 2.16. The quantitative estimate of drug-likeness (QED) is 0.132. The van der Waals surface area contributed by atoms with Crippen LogP contribution in [0.5, 0.6) is 5.75 Å². The number of H-pyrrole nitrogens is 1. The largest absolute Gasteiger partial charge is 0.497 e. The molecule has 0 radical (unpaired) electrons. The first-order valence-corrected chi connectivity index (χ1v) is 13.8. The standard InChI is InChI=1S/C24H33N5O2.C9H9N/c1-24(2,27)23(30)28-17-22(26)29(16-15-19-9-12-20(31-3)13-10-19)21(25)14-11-18-7-5-4-6-8-18;1-7-6-10-9-5-3-2-4-8(7)9/h4-10,12-13,25-26H,11,14-17,27H2,1-3H3,(H,28,30);2-6,10H,1H3. The first-order valence-electron chi connectivity index (χ1n) is 13.8. The maximum Gasteiger partial charge on any atom is 0.239 e. The van der Waals surface area contributed by atoms with Gasteiger partial charge in [0.2, 0.25) is 5.91 Å². The molecule has 3 aromatic carbocycles. The van der Waals surface area contributed by atoms with Crippen molar-refractivity contribution in [2.24, 2.45) is 5.73 Å². The van der Waals surface area contributed by atoms with Crippen molar-refractivity contribution in [1.82, 2.24) is 15.2 Å². The van der Waals surface area contributed by atoms with Crippen LogP contribution in [-0.2, 0) is 17.6 Å². The molecular weight excluding hydrogens is 512 g/mol. The molecule has 0 aliphatic carbocycles. The van der Waals surface area contributed by atoms with E-state index in [0.717, 1.165) is 16.9 Å². The van der Waals surface area contributed by atoms with Crippen molar-refractivity contribution in [2.75, 3.05) is 20.2 Å². The molecule has 0 saturated heterocycles. The minimum absolute atomic E-state index is 0.0236. The molecule has 0 spiro atoms. The van der Waals surface area contributed by atoms with Crippen molar-refractivity contribution in [2.45, 2.75) is 45.6 Å². The maximum atomic E-state index is 12.1. The van der Waals surface area contributed by atoms with Crippen LogP contribution in [0.25, 0.3) is 10.9 Å². The summed E-state index contributed by atoms with van der Waals surface area (Å²) in [7, 11) is 1.63. The fourth-order valence-corrected chi connectivity index (χ4v) is 4.21. The lowest BCUT2D eigenvalue weighted by Crippen LogP contribution is -2.52. The van der Waals surface area contributed by atoms with Gasteiger partial charge in [-0.05, 0) is 68.5 Å². The van der Waals surface area contributed by atoms with Crippen LogP contribution in [0.15, 0.2) is 85.1 Å². The van der Waals surface area contributed by atoms with Gasteiger partial charge in [0.25, 0.3) is 0 Å². The van der Waals surface area contributed by atoms with E-state index in [1.54, 1.807) is 25.9 Å². The van der Waals surface area contributed by atoms with Crippen LogP contribution in [0, 0.1) is 17.7 Å². The summed E-state index contributed by atoms with van der Waals surface area (Å²) >= 11 is 0. The fourth-order valence-electron chi connectivity index (χ4n) is 4.21. The number of methoxy groups -OCH3 is 1. The lowest BCUT2D eigenvalue weighted by molar-refractivity contribution is -0.124. The van der Waals surface area contributed by atoms with Crippen molar-refractivity contribution in [3.8, 4) is 5.75 Å². The van der Waals surface area contributed by atoms with Gasteiger partial charge < -0.3 is 25.7 Å². The van der Waals surface area contributed by atoms with Crippen LogP contribution >= 0.6 is 0 Å². The van der Waals surface area contributed by atoms with Gasteiger partial charge in [-0.3, -0.25) is 15.6 Å². The third kappa shape index (κ3) is 9.61. The third-order valence-electron chi connectivity index (χ3n) is 6.73. The van der Waals surface area contributed by atoms with Gasteiger partial charge in [0, 0.05) is 30.1 Å². The number of aryl methyl sites for hydroxylation is 2. The smallest absolute Gasteiger partial charge is 0.239 e. The molecule has 0 aliphatic heterocycles. The van der Waals surface area contributed by atoms with Gasteiger partial charge >= 0.3 is 0 Å². The summed E-state index contributed by atoms with van der Waals surface area (Å²) in [5.41, 5.74) is 9.57. The topological polar surface area (TPSA) is 131 Å². The summed E-state index contributed by atoms with van der Waals surface area (Å²) < 4.78 is 5.20. The van der Waals surface area contributed by atoms with Crippen LogP contribution in [0.2, 0.25) is 0 Å². The van der Waals surface area contributed by atoms with Crippen molar-refractivity contribution in [1.29, 1.82) is 10.8 Å². The number of benzene rings is 3. The summed E-state index contributed by atoms with van der Waals surface area (Å²) in [4.78, 5) is 16.9. The molecule has 1 aromatic heterocycles. The molecule has 1 amide bonds. The molecule has 41 heavy (non-hydrogen) atoms. The second-order valence-electron chi connectivity index (χ2n) is 10.6. The maximum absolute atomic E-state index is 12.1. The molecule has 1 heterocycles. The number of nitrogens with two attached hydrogens (primary N) is 1. The Hall–Kier alpha value is -4.43. The van der Waals surface area contributed by atoms with Gasteiger partial charge in [-0.1, -0.05) is 60.7 Å². The SMILES string of the molecule is COc1ccc(CCN(C(=N)CCc2ccccc2)C(=N)CNC(=O)C(C)(C)N)cc1.Cc1c[nH]c2ccccc12. The van der Waals surface area contributed by atoms with Gasteiger partial charge in [-0.15, -0.1) is 0 Å². The highest BCUT2D eigenvalue weighted by Gasteiger charge is 2.23. The zero-order valence-corrected chi connectivity index (χ0v) is 24.5. The Kier molecular flexibility index (Phi) is 11.2. The molecule has 0 bridgehead atoms. The number of carbonyl (C=O) groups excluding carboxylic acids is 1. The van der Waals surface area contributed by atoms with E-state index in [9.17, 15) is 4.79 Å². The van der Waals surface area contributed by atoms with Crippen molar-refractivity contribution in [3.05, 3.63) is 102 Å². The Morgan fingerprint density at radius 3 is 2.20 bits per heavy atom. The van der Waals surface area contributed by atoms with Crippen molar-refractivity contribution >= 4 is 28.5 Å². The highest BCUT2D eigenvalue weighted by molar-refractivity contribution is 6.00. The number of hydrogen-bond donors (Lipinski definition) is 5. The molecule has 0 aliphatic rings. The lowest BCUT2D eigenvalue weighted by atomic mass is 10.1. The van der Waals surface area contributed by atoms with E-state index in [-0.39, 0.29) is 18.3 Å². The van der Waals surface area contributed by atoms with Gasteiger partial charge in [0.05, 0.1) is 19.2 Å². The van der Waals surface area contributed by atoms with E-state index < -0.39 is 5.54 Å². The molecule has 8 nitrogen and oxygen atoms in total. The minimum atomic E-state index is -1.02. The van der Waals surface area contributed by atoms with Crippen molar-refractivity contribution < 1.29 is 9.53 Å². The zero-order valence-electron chi connectivity index (χ0n) is 24.5. The van der Waals surface area contributed by atoms with E-state index in [2.05, 4.69) is 35.4 Å². The van der Waals surface area contributed by atoms with Crippen LogP contribution < -0.4 is 15.8 Å². The number of nitrogens with zero attached hydrogens (tertiary/aromatic N) is 1. The van der Waals surface area contributed by atoms with Crippen LogP contribution in [-0.4, -0.2) is 53.2 Å². The second kappa shape index (κ2) is 14.8. The predicted octanol–water partition coefficient (Wildman–Crippen LogP) is 5.46. The minimum Gasteiger partial charge on any atom is -0.497 e. The van der Waals surface area contributed by atoms with E-state index in [0.29, 0.717) is 31.6 Å². The monoisotopic (exact) mass is 554 g/mol. The first-order chi connectivity index (χ1) is 19.6. The third-order valence-corrected chi connectivity index (χ3v) is 6.73. The Bertz CT molecular complexity index is 1420. The van der Waals surface area contributed by atoms with Gasteiger partial charge in [0.1, 0.15) is 17.4 Å². The molecule has 6 N–H and O–H groups in total. The predicted molar refractivity (Wildman–Crippen MR) is 168 cm³/mol. The van der Waals surface area contributed by atoms with Crippen molar-refractivity contribution in [3.63, 3.8) is 0 Å². The normalized spacial score (nSPS) is 10.9. The molecule has 8 heteroatoms. The number of aromatic amines is 1. The molecule has 0 unspecified atom stereocenters. The number of ether oxygens (including phenoxy) is 1. The number of carbonyl (C=O) groups is 1. The number of amidine groups is 2. The fraction of sp³-hybridized carbons (Fsp3) is 0.303. The summed E-state index contributed by atoms with van der Waals surface area (Å²) in [6.45, 7) is 5.85. The van der Waals surface area contributed by atoms with Crippen LogP contribution in [0.4, 0.5) is 0 Å².